The summed E-state index contributed by atoms with van der Waals surface area (Å²) in [6.07, 6.45) is 6.03. The Kier molecular flexibility index (Phi) is 44.3. The quantitative estimate of drug-likeness (QED) is 0.0193. The van der Waals surface area contributed by atoms with E-state index in [0.29, 0.717) is 34.1 Å². The van der Waals surface area contributed by atoms with Crippen LogP contribution in [0.5, 0.6) is 0 Å². The molecule has 0 saturated heterocycles. The maximum absolute atomic E-state index is 10.8. The number of hydrogen-bond acceptors (Lipinski definition) is 8. The molecule has 16 heteroatoms. The first-order valence-corrected chi connectivity index (χ1v) is 54.2. The van der Waals surface area contributed by atoms with Crippen molar-refractivity contribution in [2.45, 2.75) is 20.8 Å². The first-order chi connectivity index (χ1) is 70.9. The molecule has 0 bridgehead atoms. The molecule has 0 atom stereocenters. The number of halogens is 2. The Labute approximate surface area is 895 Å². The van der Waals surface area contributed by atoms with E-state index in [1.165, 1.54) is 99.0 Å². The maximum atomic E-state index is 10.8. The molecule has 0 aliphatic heterocycles. The van der Waals surface area contributed by atoms with Crippen molar-refractivity contribution in [1.82, 2.24) is 0 Å². The summed E-state index contributed by atoms with van der Waals surface area (Å²) in [5.41, 5.74) is 36.8. The molecule has 20 aromatic rings. The molecule has 0 aromatic heterocycles. The van der Waals surface area contributed by atoms with Gasteiger partial charge in [0.15, 0.2) is 0 Å². The van der Waals surface area contributed by atoms with E-state index in [2.05, 4.69) is 477 Å². The summed E-state index contributed by atoms with van der Waals surface area (Å²) in [6.45, 7) is 13.7. The largest absolute Gasteiger partial charge is 0.488 e. The number of rotatable bonds is 22. The number of nitrogens with two attached hydrogens (primary N) is 3. The van der Waals surface area contributed by atoms with Gasteiger partial charge in [0.25, 0.3) is 0 Å². The maximum Gasteiger partial charge on any atom is 0.488 e. The Morgan fingerprint density at radius 1 is 0.226 bits per heavy atom. The molecule has 0 unspecified atom stereocenters. The molecule has 0 aliphatic carbocycles. The van der Waals surface area contributed by atoms with E-state index < -0.39 is 38.8 Å². The van der Waals surface area contributed by atoms with Gasteiger partial charge in [-0.2, -0.15) is 0 Å². The zero-order chi connectivity index (χ0) is 102. The van der Waals surface area contributed by atoms with E-state index >= 15 is 0 Å². The average molecular weight is 2200 g/mol. The number of aldehydes is 3. The van der Waals surface area contributed by atoms with Crippen LogP contribution in [0, 0.1) is 20.8 Å². The van der Waals surface area contributed by atoms with E-state index in [1.807, 2.05) is 74.5 Å². The van der Waals surface area contributed by atoms with Crippen LogP contribution in [-0.4, -0.2) is 36.0 Å². The molecule has 0 aliphatic rings. The summed E-state index contributed by atoms with van der Waals surface area (Å²) in [7, 11) is -3.25. The zero-order valence-corrected chi connectivity index (χ0v) is 89.5. The minimum atomic E-state index is -1.46. The van der Waals surface area contributed by atoms with Gasteiger partial charge in [-0.15, -0.1) is 0 Å². The monoisotopic (exact) mass is 2190 g/mol. The second kappa shape index (κ2) is 58.5. The van der Waals surface area contributed by atoms with Crippen molar-refractivity contribution in [3.05, 3.63) is 588 Å². The number of hydrogen-bond donors (Lipinski definition) is 5. The summed E-state index contributed by atoms with van der Waals surface area (Å²) in [5.74, 6) is 0. The summed E-state index contributed by atoms with van der Waals surface area (Å²) < 4.78 is 1.89. The molecule has 8 nitrogen and oxygen atoms in total. The van der Waals surface area contributed by atoms with Crippen LogP contribution in [0.4, 0.5) is 17.1 Å². The van der Waals surface area contributed by atoms with Gasteiger partial charge in [0.05, 0.1) is 5.69 Å². The third-order valence-electron chi connectivity index (χ3n) is 23.0. The predicted octanol–water partition coefficient (Wildman–Crippen LogP) is 26.8. The van der Waals surface area contributed by atoms with Gasteiger partial charge < -0.3 is 27.2 Å². The minimum absolute atomic E-state index is 0. The smallest absolute Gasteiger partial charge is 0.423 e. The molecule has 724 valence electrons. The Bertz CT molecular complexity index is 6230. The number of carbonyl (C=O) groups is 3. The van der Waals surface area contributed by atoms with Crippen LogP contribution in [0.25, 0.3) is 56.7 Å². The van der Waals surface area contributed by atoms with Crippen LogP contribution in [0.15, 0.2) is 544 Å². The molecule has 20 aromatic carbocycles. The van der Waals surface area contributed by atoms with Gasteiger partial charge in [0.2, 0.25) is 0 Å². The van der Waals surface area contributed by atoms with Crippen molar-refractivity contribution in [3.63, 3.8) is 0 Å². The molecular formula is C130H112BBr2N3O5P4Pd. The van der Waals surface area contributed by atoms with Crippen molar-refractivity contribution in [2.75, 3.05) is 17.2 Å². The fourth-order valence-electron chi connectivity index (χ4n) is 15.8. The van der Waals surface area contributed by atoms with Gasteiger partial charge in [-0.3, -0.25) is 14.4 Å². The van der Waals surface area contributed by atoms with Gasteiger partial charge >= 0.3 is 7.12 Å². The van der Waals surface area contributed by atoms with Gasteiger partial charge in [0.1, 0.15) is 18.9 Å². The van der Waals surface area contributed by atoms with Gasteiger partial charge in [-0.25, -0.2) is 0 Å². The Morgan fingerprint density at radius 2 is 0.377 bits per heavy atom. The Hall–Kier alpha value is -14.4. The molecule has 8 N–H and O–H groups in total. The summed E-state index contributed by atoms with van der Waals surface area (Å²) in [4.78, 5) is 31.8. The first-order valence-electron chi connectivity index (χ1n) is 47.2. The summed E-state index contributed by atoms with van der Waals surface area (Å²) in [5, 5.41) is 34.1. The topological polar surface area (TPSA) is 170 Å². The van der Waals surface area contributed by atoms with Gasteiger partial charge in [0, 0.05) is 79.7 Å². The summed E-state index contributed by atoms with van der Waals surface area (Å²) >= 11 is 6.68. The summed E-state index contributed by atoms with van der Waals surface area (Å²) in [6, 6.07) is 179. The van der Waals surface area contributed by atoms with Crippen LogP contribution in [-0.2, 0) is 20.4 Å². The van der Waals surface area contributed by atoms with Crippen molar-refractivity contribution in [3.8, 4) is 44.5 Å². The van der Waals surface area contributed by atoms with Crippen LogP contribution in [0.2, 0.25) is 0 Å². The van der Waals surface area contributed by atoms with Crippen LogP contribution in [0.1, 0.15) is 58.9 Å². The minimum Gasteiger partial charge on any atom is -0.423 e. The van der Waals surface area contributed by atoms with E-state index in [1.54, 1.807) is 24.3 Å². The number of nitrogen functional groups attached to an aromatic ring is 3. The zero-order valence-electron chi connectivity index (χ0n) is 81.2. The molecule has 0 radical (unpaired) electrons. The Balaban J connectivity index is 0.000000150. The molecule has 20 rings (SSSR count). The van der Waals surface area contributed by atoms with E-state index in [0.717, 1.165) is 94.1 Å². The standard InChI is InChI=1S/C23H21N.C21H17NO2.4C18H15P.C7H7BO3.C7H7Br2N.Pd/c1-4-17-6-10-19(11-7-17)21-14-16(3)15-22(23(21)24)20-12-8-18(5-2)9-13-20;1-14-10-19(17-6-2-15(12-23)3-7-17)21(22)20(11-14)18-8-4-16(13-24)5-9-18;4*1-4-10-16(11-5-1)19(17-12-6-2-7-13-17)18-14-8-3-9-15-18;9-5-6-1-3-7(4-2-6)8(10)11;1-4-2-5(8)7(10)6(9)3-4;/h4-15H,1-2,24H2,3H3;2-13H,22H2,1H3;4*1-15H;1-5,10-11H;2-3H,10H2,1H3;. The van der Waals surface area contributed by atoms with Crippen LogP contribution < -0.4 is 86.3 Å². The van der Waals surface area contributed by atoms with Crippen molar-refractivity contribution >= 4 is 188 Å². The molecule has 0 saturated carbocycles. The van der Waals surface area contributed by atoms with Crippen molar-refractivity contribution in [1.29, 1.82) is 0 Å². The van der Waals surface area contributed by atoms with Crippen molar-refractivity contribution in [2.24, 2.45) is 0 Å². The fraction of sp³-hybridized carbons (Fsp3) is 0.0231. The van der Waals surface area contributed by atoms with Gasteiger partial charge in [-0.05, 0) is 240 Å². The number of aryl methyl sites for hydroxylation is 3. The molecular weight excluding hydrogens is 2080 g/mol. The molecule has 146 heavy (non-hydrogen) atoms. The van der Waals surface area contributed by atoms with E-state index in [-0.39, 0.29) is 20.4 Å². The SMILES string of the molecule is C=Cc1ccc(-c2cc(C)cc(-c3ccc(C=C)cc3)c2N)cc1.Cc1cc(-c2ccc(C=O)cc2)c(N)c(-c2ccc(C=O)cc2)c1.Cc1cc(Br)c(N)c(Br)c1.O=Cc1ccc(B(O)O)cc1.[Pd].c1ccc(P(c2ccccc2)c2ccccc2)cc1.c1ccc(P(c2ccccc2)c2ccccc2)cc1.c1ccc(P(c2ccccc2)c2ccccc2)cc1.c1ccc(P(c2ccccc2)c2ccccc2)cc1. The number of benzene rings is 20. The van der Waals surface area contributed by atoms with E-state index in [4.69, 9.17) is 27.2 Å². The van der Waals surface area contributed by atoms with E-state index in [9.17, 15) is 14.4 Å². The third kappa shape index (κ3) is 32.3. The van der Waals surface area contributed by atoms with Crippen LogP contribution in [0.3, 0.4) is 0 Å². The average Bonchev–Trinajstić information content (AvgIpc) is 0.787. The molecule has 0 amide bonds. The third-order valence-corrected chi connectivity index (χ3v) is 34.1. The molecule has 0 spiro atoms. The second-order valence-corrected chi connectivity index (χ2v) is 43.9. The fourth-order valence-corrected chi connectivity index (χ4v) is 26.4. The van der Waals surface area contributed by atoms with Crippen molar-refractivity contribution < 1.29 is 44.9 Å². The Morgan fingerprint density at radius 3 is 0.527 bits per heavy atom. The predicted molar refractivity (Wildman–Crippen MR) is 637 cm³/mol. The molecule has 0 fully saturated rings. The second-order valence-electron chi connectivity index (χ2n) is 33.3. The number of anilines is 3. The van der Waals surface area contributed by atoms with Crippen LogP contribution >= 0.6 is 63.5 Å². The number of carbonyl (C=O) groups excluding carboxylic acids is 3. The first kappa shape index (κ1) is 110. The normalized spacial score (nSPS) is 10.3. The van der Waals surface area contributed by atoms with Gasteiger partial charge in [-0.1, -0.05) is 511 Å². The molecule has 0 heterocycles.